The molecule has 0 saturated carbocycles. The van der Waals surface area contributed by atoms with E-state index in [1.165, 1.54) is 0 Å². The molecule has 0 atom stereocenters. The Hall–Kier alpha value is -0.885. The normalized spacial score (nSPS) is 26.6. The third-order valence-electron chi connectivity index (χ3n) is 4.38. The van der Waals surface area contributed by atoms with Crippen molar-refractivity contribution in [3.8, 4) is 0 Å². The molecule has 0 aromatic carbocycles. The summed E-state index contributed by atoms with van der Waals surface area (Å²) in [5, 5.41) is 14.3. The summed E-state index contributed by atoms with van der Waals surface area (Å²) in [5.41, 5.74) is -0.647. The van der Waals surface area contributed by atoms with Gasteiger partial charge in [0.05, 0.1) is 31.0 Å². The SMILES string of the molecule is CC1(C)OB(c2cnn(CC3(O)COC3)c2)OC1(C)C. The molecule has 0 amide bonds. The van der Waals surface area contributed by atoms with E-state index in [1.807, 2.05) is 33.9 Å². The standard InChI is InChI=1S/C13H21BN2O4/c1-11(2)12(3,4)20-14(19-11)10-5-15-16(6-10)7-13(17)8-18-9-13/h5-6,17H,7-9H2,1-4H3. The first kappa shape index (κ1) is 14.1. The number of hydrogen-bond acceptors (Lipinski definition) is 5. The molecular weight excluding hydrogens is 259 g/mol. The van der Waals surface area contributed by atoms with E-state index in [4.69, 9.17) is 14.0 Å². The monoisotopic (exact) mass is 280 g/mol. The van der Waals surface area contributed by atoms with Crippen LogP contribution in [-0.4, -0.2) is 52.0 Å². The highest BCUT2D eigenvalue weighted by Gasteiger charge is 2.52. The van der Waals surface area contributed by atoms with Gasteiger partial charge >= 0.3 is 7.12 Å². The number of ether oxygens (including phenoxy) is 1. The summed E-state index contributed by atoms with van der Waals surface area (Å²) in [5.74, 6) is 0. The van der Waals surface area contributed by atoms with Crippen LogP contribution in [0.2, 0.25) is 0 Å². The Morgan fingerprint density at radius 1 is 1.25 bits per heavy atom. The molecule has 3 rings (SSSR count). The van der Waals surface area contributed by atoms with E-state index in [9.17, 15) is 5.11 Å². The molecule has 6 nitrogen and oxygen atoms in total. The van der Waals surface area contributed by atoms with Gasteiger partial charge in [0.2, 0.25) is 0 Å². The Morgan fingerprint density at radius 2 is 1.85 bits per heavy atom. The Labute approximate surface area is 119 Å². The summed E-state index contributed by atoms with van der Waals surface area (Å²) >= 11 is 0. The first-order valence-electron chi connectivity index (χ1n) is 6.89. The molecule has 0 aliphatic carbocycles. The largest absolute Gasteiger partial charge is 0.498 e. The van der Waals surface area contributed by atoms with Crippen LogP contribution in [0.1, 0.15) is 27.7 Å². The van der Waals surface area contributed by atoms with Crippen molar-refractivity contribution >= 4 is 12.6 Å². The van der Waals surface area contributed by atoms with Crippen LogP contribution < -0.4 is 5.46 Å². The van der Waals surface area contributed by atoms with E-state index in [1.54, 1.807) is 10.9 Å². The molecule has 0 radical (unpaired) electrons. The predicted molar refractivity (Wildman–Crippen MR) is 73.7 cm³/mol. The summed E-state index contributed by atoms with van der Waals surface area (Å²) in [6, 6.07) is 0. The molecule has 0 bridgehead atoms. The lowest BCUT2D eigenvalue weighted by atomic mass is 9.82. The van der Waals surface area contributed by atoms with Crippen LogP contribution in [0.25, 0.3) is 0 Å². The Bertz CT molecular complexity index is 494. The lowest BCUT2D eigenvalue weighted by Crippen LogP contribution is -2.52. The summed E-state index contributed by atoms with van der Waals surface area (Å²) < 4.78 is 18.7. The lowest BCUT2D eigenvalue weighted by molar-refractivity contribution is -0.186. The lowest BCUT2D eigenvalue weighted by Gasteiger charge is -2.35. The van der Waals surface area contributed by atoms with Gasteiger partial charge in [0.1, 0.15) is 5.60 Å². The van der Waals surface area contributed by atoms with Crippen LogP contribution in [0.5, 0.6) is 0 Å². The minimum absolute atomic E-state index is 0.360. The zero-order valence-electron chi connectivity index (χ0n) is 12.4. The Balaban J connectivity index is 1.72. The minimum Gasteiger partial charge on any atom is -0.399 e. The van der Waals surface area contributed by atoms with Gasteiger partial charge in [-0.15, -0.1) is 0 Å². The first-order chi connectivity index (χ1) is 9.21. The van der Waals surface area contributed by atoms with Gasteiger partial charge < -0.3 is 19.2 Å². The Morgan fingerprint density at radius 3 is 2.35 bits per heavy atom. The van der Waals surface area contributed by atoms with Gasteiger partial charge in [-0.05, 0) is 27.7 Å². The third-order valence-corrected chi connectivity index (χ3v) is 4.38. The second kappa shape index (κ2) is 4.30. The maximum absolute atomic E-state index is 10.1. The highest BCUT2D eigenvalue weighted by Crippen LogP contribution is 2.36. The van der Waals surface area contributed by atoms with Crippen molar-refractivity contribution in [1.29, 1.82) is 0 Å². The minimum atomic E-state index is -0.792. The van der Waals surface area contributed by atoms with Crippen LogP contribution in [-0.2, 0) is 20.6 Å². The molecule has 110 valence electrons. The fourth-order valence-corrected chi connectivity index (χ4v) is 2.30. The fraction of sp³-hybridized carbons (Fsp3) is 0.769. The van der Waals surface area contributed by atoms with Gasteiger partial charge in [-0.2, -0.15) is 5.10 Å². The molecule has 0 spiro atoms. The number of aromatic nitrogens is 2. The van der Waals surface area contributed by atoms with Crippen molar-refractivity contribution in [1.82, 2.24) is 9.78 Å². The van der Waals surface area contributed by atoms with E-state index in [2.05, 4.69) is 5.10 Å². The summed E-state index contributed by atoms with van der Waals surface area (Å²) in [6.45, 7) is 9.22. The van der Waals surface area contributed by atoms with Crippen LogP contribution in [0, 0.1) is 0 Å². The molecular formula is C13H21BN2O4. The summed E-state index contributed by atoms with van der Waals surface area (Å²) in [6.07, 6.45) is 3.59. The zero-order chi connectivity index (χ0) is 14.6. The number of nitrogens with zero attached hydrogens (tertiary/aromatic N) is 2. The predicted octanol–water partition coefficient (Wildman–Crippen LogP) is -0.0564. The summed E-state index contributed by atoms with van der Waals surface area (Å²) in [7, 11) is -0.416. The second-order valence-corrected chi connectivity index (χ2v) is 6.78. The van der Waals surface area contributed by atoms with Crippen molar-refractivity contribution in [3.05, 3.63) is 12.4 Å². The average Bonchev–Trinajstić information content (AvgIpc) is 2.80. The van der Waals surface area contributed by atoms with E-state index >= 15 is 0 Å². The molecule has 0 unspecified atom stereocenters. The van der Waals surface area contributed by atoms with Gasteiger partial charge in [-0.3, -0.25) is 4.68 Å². The third kappa shape index (κ3) is 2.28. The fourth-order valence-electron chi connectivity index (χ4n) is 2.30. The first-order valence-corrected chi connectivity index (χ1v) is 6.89. The van der Waals surface area contributed by atoms with Gasteiger partial charge in [0.15, 0.2) is 0 Å². The topological polar surface area (TPSA) is 65.7 Å². The smallest absolute Gasteiger partial charge is 0.399 e. The van der Waals surface area contributed by atoms with Gasteiger partial charge in [-0.25, -0.2) is 0 Å². The van der Waals surface area contributed by atoms with E-state index < -0.39 is 12.7 Å². The van der Waals surface area contributed by atoms with Crippen LogP contribution >= 0.6 is 0 Å². The highest BCUT2D eigenvalue weighted by molar-refractivity contribution is 6.61. The number of rotatable bonds is 3. The van der Waals surface area contributed by atoms with Crippen molar-refractivity contribution in [2.75, 3.05) is 13.2 Å². The maximum atomic E-state index is 10.1. The Kier molecular flexibility index (Phi) is 3.03. The van der Waals surface area contributed by atoms with Crippen LogP contribution in [0.4, 0.5) is 0 Å². The van der Waals surface area contributed by atoms with Gasteiger partial charge in [0.25, 0.3) is 0 Å². The van der Waals surface area contributed by atoms with E-state index in [-0.39, 0.29) is 11.2 Å². The van der Waals surface area contributed by atoms with Gasteiger partial charge in [0, 0.05) is 17.9 Å². The van der Waals surface area contributed by atoms with E-state index in [0.717, 1.165) is 5.46 Å². The van der Waals surface area contributed by atoms with Crippen molar-refractivity contribution in [2.45, 2.75) is 51.0 Å². The summed E-state index contributed by atoms with van der Waals surface area (Å²) in [4.78, 5) is 0. The number of aliphatic hydroxyl groups is 1. The molecule has 7 heteroatoms. The maximum Gasteiger partial charge on any atom is 0.498 e. The molecule has 2 saturated heterocycles. The molecule has 2 aliphatic heterocycles. The highest BCUT2D eigenvalue weighted by atomic mass is 16.7. The molecule has 2 aliphatic rings. The van der Waals surface area contributed by atoms with Crippen molar-refractivity contribution in [2.24, 2.45) is 0 Å². The molecule has 1 N–H and O–H groups in total. The molecule has 1 aromatic heterocycles. The molecule has 20 heavy (non-hydrogen) atoms. The van der Waals surface area contributed by atoms with E-state index in [0.29, 0.717) is 19.8 Å². The zero-order valence-corrected chi connectivity index (χ0v) is 12.4. The second-order valence-electron chi connectivity index (χ2n) is 6.78. The van der Waals surface area contributed by atoms with Crippen LogP contribution in [0.3, 0.4) is 0 Å². The molecule has 3 heterocycles. The average molecular weight is 280 g/mol. The molecule has 2 fully saturated rings. The molecule has 1 aromatic rings. The number of hydrogen-bond donors (Lipinski definition) is 1. The van der Waals surface area contributed by atoms with Crippen molar-refractivity contribution < 1.29 is 19.2 Å². The quantitative estimate of drug-likeness (QED) is 0.786. The van der Waals surface area contributed by atoms with Crippen molar-refractivity contribution in [3.63, 3.8) is 0 Å². The van der Waals surface area contributed by atoms with Crippen LogP contribution in [0.15, 0.2) is 12.4 Å². The van der Waals surface area contributed by atoms with Gasteiger partial charge in [-0.1, -0.05) is 0 Å².